The van der Waals surface area contributed by atoms with Crippen LogP contribution in [0.1, 0.15) is 23.2 Å². The van der Waals surface area contributed by atoms with E-state index < -0.39 is 18.5 Å². The Hall–Kier alpha value is -1.31. The molecule has 0 unspecified atom stereocenters. The molecule has 0 bridgehead atoms. The van der Waals surface area contributed by atoms with E-state index in [1.165, 1.54) is 12.3 Å². The average Bonchev–Trinajstić information content (AvgIpc) is 2.26. The fourth-order valence-electron chi connectivity index (χ4n) is 1.21. The van der Waals surface area contributed by atoms with Crippen molar-refractivity contribution < 1.29 is 18.0 Å². The number of halogens is 4. The Balaban J connectivity index is 2.48. The molecular weight excluding hydrogens is 315 g/mol. The molecule has 0 fully saturated rings. The molecule has 1 heterocycles. The lowest BCUT2D eigenvalue weighted by Gasteiger charge is -2.08. The molecular formula is C10H11BrF3N3O. The highest BCUT2D eigenvalue weighted by Gasteiger charge is 2.26. The number of carbonyl (C=O) groups excluding carboxylic acids is 1. The number of anilines is 1. The molecule has 0 aliphatic rings. The Morgan fingerprint density at radius 3 is 2.78 bits per heavy atom. The van der Waals surface area contributed by atoms with E-state index >= 15 is 0 Å². The number of aromatic nitrogens is 1. The summed E-state index contributed by atoms with van der Waals surface area (Å²) in [5.41, 5.74) is 5.66. The van der Waals surface area contributed by atoms with Crippen molar-refractivity contribution in [1.29, 1.82) is 0 Å². The topological polar surface area (TPSA) is 68.0 Å². The first-order chi connectivity index (χ1) is 8.29. The molecule has 8 heteroatoms. The molecule has 0 atom stereocenters. The van der Waals surface area contributed by atoms with Gasteiger partial charge in [0.15, 0.2) is 0 Å². The summed E-state index contributed by atoms with van der Waals surface area (Å²) in [4.78, 5) is 15.4. The highest BCUT2D eigenvalue weighted by molar-refractivity contribution is 9.10. The van der Waals surface area contributed by atoms with Gasteiger partial charge in [-0.2, -0.15) is 13.2 Å². The number of nitrogens with one attached hydrogen (secondary N) is 1. The molecule has 0 saturated heterocycles. The van der Waals surface area contributed by atoms with Gasteiger partial charge in [0.05, 0.1) is 5.56 Å². The maximum atomic E-state index is 11.9. The van der Waals surface area contributed by atoms with E-state index in [0.29, 0.717) is 4.47 Å². The molecule has 18 heavy (non-hydrogen) atoms. The molecule has 0 aromatic carbocycles. The normalized spacial score (nSPS) is 11.3. The summed E-state index contributed by atoms with van der Waals surface area (Å²) >= 11 is 3.11. The summed E-state index contributed by atoms with van der Waals surface area (Å²) in [7, 11) is 0. The number of nitrogens with zero attached hydrogens (tertiary/aromatic N) is 1. The molecule has 0 saturated carbocycles. The van der Waals surface area contributed by atoms with E-state index in [9.17, 15) is 18.0 Å². The van der Waals surface area contributed by atoms with Gasteiger partial charge in [0, 0.05) is 23.6 Å². The summed E-state index contributed by atoms with van der Waals surface area (Å²) in [5, 5.41) is 2.39. The van der Waals surface area contributed by atoms with Crippen LogP contribution < -0.4 is 11.1 Å². The van der Waals surface area contributed by atoms with Gasteiger partial charge in [-0.15, -0.1) is 0 Å². The van der Waals surface area contributed by atoms with Crippen LogP contribution >= 0.6 is 15.9 Å². The van der Waals surface area contributed by atoms with E-state index in [2.05, 4.69) is 26.2 Å². The first-order valence-electron chi connectivity index (χ1n) is 5.05. The first-order valence-corrected chi connectivity index (χ1v) is 5.85. The monoisotopic (exact) mass is 325 g/mol. The maximum Gasteiger partial charge on any atom is 0.389 e. The Labute approximate surface area is 110 Å². The summed E-state index contributed by atoms with van der Waals surface area (Å²) in [6.45, 7) is -0.0486. The van der Waals surface area contributed by atoms with Crippen LogP contribution in [0.15, 0.2) is 16.7 Å². The van der Waals surface area contributed by atoms with Crippen molar-refractivity contribution in [3.8, 4) is 0 Å². The Morgan fingerprint density at radius 2 is 2.17 bits per heavy atom. The predicted molar refractivity (Wildman–Crippen MR) is 64.0 cm³/mol. The molecule has 1 aromatic heterocycles. The van der Waals surface area contributed by atoms with Crippen molar-refractivity contribution in [3.63, 3.8) is 0 Å². The van der Waals surface area contributed by atoms with Crippen LogP contribution in [0.3, 0.4) is 0 Å². The third-order valence-corrected chi connectivity index (χ3v) is 2.68. The molecule has 0 spiro atoms. The second-order valence-corrected chi connectivity index (χ2v) is 4.42. The van der Waals surface area contributed by atoms with Crippen molar-refractivity contribution in [2.24, 2.45) is 0 Å². The molecule has 1 aromatic rings. The predicted octanol–water partition coefficient (Wildman–Crippen LogP) is 2.50. The van der Waals surface area contributed by atoms with E-state index in [0.717, 1.165) is 0 Å². The summed E-state index contributed by atoms with van der Waals surface area (Å²) in [6.07, 6.45) is -3.92. The quantitative estimate of drug-likeness (QED) is 0.836. The minimum atomic E-state index is -4.20. The molecule has 0 aliphatic carbocycles. The lowest BCUT2D eigenvalue weighted by Crippen LogP contribution is -2.26. The largest absolute Gasteiger partial charge is 0.389 e. The Morgan fingerprint density at radius 1 is 1.50 bits per heavy atom. The van der Waals surface area contributed by atoms with Crippen molar-refractivity contribution in [3.05, 3.63) is 22.3 Å². The van der Waals surface area contributed by atoms with Gasteiger partial charge < -0.3 is 11.1 Å². The van der Waals surface area contributed by atoms with Gasteiger partial charge in [0.1, 0.15) is 5.82 Å². The number of nitrogen functional groups attached to an aromatic ring is 1. The minimum Gasteiger partial charge on any atom is -0.384 e. The van der Waals surface area contributed by atoms with Crippen LogP contribution in [0.25, 0.3) is 0 Å². The second-order valence-electron chi connectivity index (χ2n) is 3.56. The number of amides is 1. The van der Waals surface area contributed by atoms with Gasteiger partial charge in [-0.3, -0.25) is 4.79 Å². The van der Waals surface area contributed by atoms with Crippen LogP contribution in [0.2, 0.25) is 0 Å². The number of pyridine rings is 1. The fraction of sp³-hybridized carbons (Fsp3) is 0.400. The van der Waals surface area contributed by atoms with Crippen LogP contribution in [-0.2, 0) is 0 Å². The fourth-order valence-corrected chi connectivity index (χ4v) is 1.61. The molecule has 0 aliphatic heterocycles. The van der Waals surface area contributed by atoms with Gasteiger partial charge >= 0.3 is 6.18 Å². The maximum absolute atomic E-state index is 11.9. The van der Waals surface area contributed by atoms with E-state index in [4.69, 9.17) is 5.73 Å². The number of alkyl halides is 3. The average molecular weight is 326 g/mol. The van der Waals surface area contributed by atoms with Gasteiger partial charge in [-0.25, -0.2) is 4.98 Å². The zero-order chi connectivity index (χ0) is 13.8. The smallest absolute Gasteiger partial charge is 0.384 e. The number of hydrogen-bond donors (Lipinski definition) is 2. The van der Waals surface area contributed by atoms with E-state index in [-0.39, 0.29) is 24.3 Å². The van der Waals surface area contributed by atoms with Crippen molar-refractivity contribution in [2.75, 3.05) is 12.3 Å². The lowest BCUT2D eigenvalue weighted by atomic mass is 10.2. The van der Waals surface area contributed by atoms with Crippen molar-refractivity contribution in [1.82, 2.24) is 10.3 Å². The van der Waals surface area contributed by atoms with Crippen LogP contribution in [0.4, 0.5) is 19.0 Å². The van der Waals surface area contributed by atoms with Crippen LogP contribution in [0, 0.1) is 0 Å². The van der Waals surface area contributed by atoms with Crippen LogP contribution in [-0.4, -0.2) is 23.6 Å². The van der Waals surface area contributed by atoms with Crippen molar-refractivity contribution in [2.45, 2.75) is 19.0 Å². The zero-order valence-electron chi connectivity index (χ0n) is 9.22. The molecule has 1 amide bonds. The zero-order valence-corrected chi connectivity index (χ0v) is 10.8. The van der Waals surface area contributed by atoms with Gasteiger partial charge in [0.2, 0.25) is 0 Å². The second kappa shape index (κ2) is 6.03. The standard InChI is InChI=1S/C10H11BrF3N3O/c11-7-5-17-8(15)4-6(7)9(18)16-3-1-2-10(12,13)14/h4-5H,1-3H2,(H2,15,17)(H,16,18). The van der Waals surface area contributed by atoms with E-state index in [1.807, 2.05) is 0 Å². The minimum absolute atomic E-state index is 0.0486. The molecule has 0 radical (unpaired) electrons. The Bertz CT molecular complexity index is 437. The molecule has 3 N–H and O–H groups in total. The number of carbonyl (C=O) groups is 1. The summed E-state index contributed by atoms with van der Waals surface area (Å²) < 4.78 is 36.1. The molecule has 1 rings (SSSR count). The van der Waals surface area contributed by atoms with Gasteiger partial charge in [0.25, 0.3) is 5.91 Å². The number of rotatable bonds is 4. The number of nitrogens with two attached hydrogens (primary N) is 1. The number of hydrogen-bond acceptors (Lipinski definition) is 3. The Kier molecular flexibility index (Phi) is 4.94. The van der Waals surface area contributed by atoms with Crippen molar-refractivity contribution >= 4 is 27.7 Å². The lowest BCUT2D eigenvalue weighted by molar-refractivity contribution is -0.135. The highest BCUT2D eigenvalue weighted by atomic mass is 79.9. The summed E-state index contributed by atoms with van der Waals surface area (Å²) in [6, 6.07) is 1.35. The highest BCUT2D eigenvalue weighted by Crippen LogP contribution is 2.21. The third-order valence-electron chi connectivity index (χ3n) is 2.04. The SMILES string of the molecule is Nc1cc(C(=O)NCCCC(F)(F)F)c(Br)cn1. The third kappa shape index (κ3) is 4.91. The van der Waals surface area contributed by atoms with Gasteiger partial charge in [-0.05, 0) is 28.4 Å². The van der Waals surface area contributed by atoms with Gasteiger partial charge in [-0.1, -0.05) is 0 Å². The van der Waals surface area contributed by atoms with E-state index in [1.54, 1.807) is 0 Å². The molecule has 100 valence electrons. The summed E-state index contributed by atoms with van der Waals surface area (Å²) in [5.74, 6) is -0.322. The molecule has 4 nitrogen and oxygen atoms in total. The van der Waals surface area contributed by atoms with Crippen LogP contribution in [0.5, 0.6) is 0 Å². The first kappa shape index (κ1) is 14.7.